The van der Waals surface area contributed by atoms with Crippen LogP contribution in [0.1, 0.15) is 11.4 Å². The highest BCUT2D eigenvalue weighted by Crippen LogP contribution is 2.30. The highest BCUT2D eigenvalue weighted by Gasteiger charge is 2.06. The van der Waals surface area contributed by atoms with E-state index < -0.39 is 0 Å². The Morgan fingerprint density at radius 3 is 3.00 bits per heavy atom. The van der Waals surface area contributed by atoms with E-state index in [9.17, 15) is 4.79 Å². The molecule has 2 heterocycles. The summed E-state index contributed by atoms with van der Waals surface area (Å²) in [4.78, 5) is 17.2. The van der Waals surface area contributed by atoms with Crippen LogP contribution in [0.3, 0.4) is 0 Å². The maximum absolute atomic E-state index is 11.9. The van der Waals surface area contributed by atoms with Crippen LogP contribution in [0.5, 0.6) is 0 Å². The van der Waals surface area contributed by atoms with Gasteiger partial charge in [-0.05, 0) is 41.6 Å². The van der Waals surface area contributed by atoms with E-state index >= 15 is 0 Å². The van der Waals surface area contributed by atoms with Crippen molar-refractivity contribution < 1.29 is 4.79 Å². The second-order valence-corrected chi connectivity index (χ2v) is 5.99. The highest BCUT2D eigenvalue weighted by molar-refractivity contribution is 7.13. The molecule has 23 heavy (non-hydrogen) atoms. The third-order valence-corrected chi connectivity index (χ3v) is 4.42. The lowest BCUT2D eigenvalue weighted by Gasteiger charge is -2.08. The molecule has 0 aliphatic rings. The maximum atomic E-state index is 11.9. The first-order valence-corrected chi connectivity index (χ1v) is 8.14. The quantitative estimate of drug-likeness (QED) is 0.673. The molecule has 0 aliphatic heterocycles. The Balaban J connectivity index is 1.57. The first kappa shape index (κ1) is 15.2. The monoisotopic (exact) mass is 327 g/mol. The van der Waals surface area contributed by atoms with E-state index in [1.807, 2.05) is 24.3 Å². The van der Waals surface area contributed by atoms with Crippen LogP contribution in [0.2, 0.25) is 0 Å². The summed E-state index contributed by atoms with van der Waals surface area (Å²) in [5.74, 6) is 0.750. The first-order valence-electron chi connectivity index (χ1n) is 7.26. The number of urea groups is 1. The number of anilines is 1. The number of carbonyl (C=O) groups excluding carboxylic acids is 1. The summed E-state index contributed by atoms with van der Waals surface area (Å²) in [7, 11) is 0. The number of nitrogens with zero attached hydrogens (tertiary/aromatic N) is 2. The Kier molecular flexibility index (Phi) is 4.68. The first-order chi connectivity index (χ1) is 11.2. The zero-order chi connectivity index (χ0) is 16.1. The Bertz CT molecular complexity index is 781. The number of hydrogen-bond acceptors (Lipinski definition) is 4. The number of thiophene rings is 1. The van der Waals surface area contributed by atoms with Crippen molar-refractivity contribution in [3.8, 4) is 10.4 Å². The fraction of sp³-hybridized carbons (Fsp3) is 0.188. The van der Waals surface area contributed by atoms with Gasteiger partial charge in [0.05, 0.1) is 0 Å². The van der Waals surface area contributed by atoms with Crippen molar-refractivity contribution in [1.82, 2.24) is 20.5 Å². The average Bonchev–Trinajstić information content (AvgIpc) is 3.19. The number of rotatable bonds is 5. The summed E-state index contributed by atoms with van der Waals surface area (Å²) >= 11 is 1.70. The van der Waals surface area contributed by atoms with E-state index in [2.05, 4.69) is 44.2 Å². The van der Waals surface area contributed by atoms with E-state index in [4.69, 9.17) is 0 Å². The fourth-order valence-corrected chi connectivity index (χ4v) is 3.15. The number of aromatic nitrogens is 3. The van der Waals surface area contributed by atoms with Gasteiger partial charge in [0.25, 0.3) is 0 Å². The summed E-state index contributed by atoms with van der Waals surface area (Å²) < 4.78 is 0. The van der Waals surface area contributed by atoms with Crippen molar-refractivity contribution in [1.29, 1.82) is 0 Å². The smallest absolute Gasteiger partial charge is 0.319 e. The molecule has 118 valence electrons. The van der Waals surface area contributed by atoms with Crippen LogP contribution in [-0.2, 0) is 6.42 Å². The molecule has 0 spiro atoms. The number of benzene rings is 1. The lowest BCUT2D eigenvalue weighted by molar-refractivity contribution is 0.252. The molecule has 0 saturated heterocycles. The van der Waals surface area contributed by atoms with Crippen molar-refractivity contribution in [2.24, 2.45) is 0 Å². The van der Waals surface area contributed by atoms with Gasteiger partial charge in [-0.15, -0.1) is 11.3 Å². The minimum atomic E-state index is -0.232. The molecule has 7 heteroatoms. The van der Waals surface area contributed by atoms with Gasteiger partial charge in [-0.3, -0.25) is 5.10 Å². The molecule has 1 aromatic carbocycles. The van der Waals surface area contributed by atoms with E-state index in [0.717, 1.165) is 17.1 Å². The predicted molar refractivity (Wildman–Crippen MR) is 91.6 cm³/mol. The Morgan fingerprint density at radius 1 is 1.35 bits per heavy atom. The van der Waals surface area contributed by atoms with E-state index in [1.165, 1.54) is 16.8 Å². The Labute approximate surface area is 138 Å². The Hall–Kier alpha value is -2.67. The van der Waals surface area contributed by atoms with Crippen LogP contribution in [-0.4, -0.2) is 27.8 Å². The topological polar surface area (TPSA) is 82.7 Å². The molecular formula is C16H17N5OS. The molecular weight excluding hydrogens is 310 g/mol. The van der Waals surface area contributed by atoms with Crippen molar-refractivity contribution >= 4 is 23.1 Å². The minimum absolute atomic E-state index is 0.232. The molecule has 0 bridgehead atoms. The van der Waals surface area contributed by atoms with Crippen molar-refractivity contribution in [2.75, 3.05) is 11.9 Å². The van der Waals surface area contributed by atoms with Gasteiger partial charge in [0, 0.05) is 23.5 Å². The molecule has 3 rings (SSSR count). The molecule has 6 nitrogen and oxygen atoms in total. The SMILES string of the molecule is Cc1ccsc1-c1cccc(NC(=O)NCCc2ncn[nH]2)c1. The molecule has 2 aromatic heterocycles. The predicted octanol–water partition coefficient (Wildman–Crippen LogP) is 3.21. The van der Waals surface area contributed by atoms with Gasteiger partial charge in [-0.1, -0.05) is 12.1 Å². The summed E-state index contributed by atoms with van der Waals surface area (Å²) in [6.07, 6.45) is 2.06. The molecule has 0 radical (unpaired) electrons. The standard InChI is InChI=1S/C16H17N5OS/c1-11-6-8-23-15(11)12-3-2-4-13(9-12)20-16(22)17-7-5-14-18-10-19-21-14/h2-4,6,8-10H,5,7H2,1H3,(H2,17,20,22)(H,18,19,21). The molecule has 0 atom stereocenters. The largest absolute Gasteiger partial charge is 0.337 e. The second-order valence-electron chi connectivity index (χ2n) is 5.08. The number of aromatic amines is 1. The van der Waals surface area contributed by atoms with Gasteiger partial charge >= 0.3 is 6.03 Å². The van der Waals surface area contributed by atoms with Gasteiger partial charge in [0.1, 0.15) is 12.2 Å². The van der Waals surface area contributed by atoms with Crippen molar-refractivity contribution in [3.05, 3.63) is 53.4 Å². The minimum Gasteiger partial charge on any atom is -0.337 e. The lowest BCUT2D eigenvalue weighted by Crippen LogP contribution is -2.30. The number of amides is 2. The summed E-state index contributed by atoms with van der Waals surface area (Å²) in [5, 5.41) is 14.2. The van der Waals surface area contributed by atoms with E-state index in [0.29, 0.717) is 13.0 Å². The summed E-state index contributed by atoms with van der Waals surface area (Å²) in [6.45, 7) is 2.58. The Morgan fingerprint density at radius 2 is 2.26 bits per heavy atom. The molecule has 0 aliphatic carbocycles. The second kappa shape index (κ2) is 7.06. The van der Waals surface area contributed by atoms with Crippen molar-refractivity contribution in [2.45, 2.75) is 13.3 Å². The lowest BCUT2D eigenvalue weighted by atomic mass is 10.1. The molecule has 3 aromatic rings. The van der Waals surface area contributed by atoms with Crippen LogP contribution in [0.25, 0.3) is 10.4 Å². The number of H-pyrrole nitrogens is 1. The third-order valence-electron chi connectivity index (χ3n) is 3.36. The zero-order valence-electron chi connectivity index (χ0n) is 12.7. The molecule has 0 fully saturated rings. The molecule has 2 amide bonds. The zero-order valence-corrected chi connectivity index (χ0v) is 13.5. The molecule has 3 N–H and O–H groups in total. The number of carbonyl (C=O) groups is 1. The molecule has 0 saturated carbocycles. The average molecular weight is 327 g/mol. The van der Waals surface area contributed by atoms with Crippen LogP contribution in [0.4, 0.5) is 10.5 Å². The van der Waals surface area contributed by atoms with Gasteiger partial charge in [0.2, 0.25) is 0 Å². The van der Waals surface area contributed by atoms with E-state index in [-0.39, 0.29) is 6.03 Å². The highest BCUT2D eigenvalue weighted by atomic mass is 32.1. The van der Waals surface area contributed by atoms with Gasteiger partial charge in [0.15, 0.2) is 0 Å². The maximum Gasteiger partial charge on any atom is 0.319 e. The number of aryl methyl sites for hydroxylation is 1. The van der Waals surface area contributed by atoms with Gasteiger partial charge in [-0.25, -0.2) is 9.78 Å². The van der Waals surface area contributed by atoms with Gasteiger partial charge < -0.3 is 10.6 Å². The normalized spacial score (nSPS) is 10.5. The van der Waals surface area contributed by atoms with E-state index in [1.54, 1.807) is 11.3 Å². The van der Waals surface area contributed by atoms with Crippen molar-refractivity contribution in [3.63, 3.8) is 0 Å². The summed E-state index contributed by atoms with van der Waals surface area (Å²) in [5.41, 5.74) is 3.12. The van der Waals surface area contributed by atoms with Crippen LogP contribution >= 0.6 is 11.3 Å². The molecule has 0 unspecified atom stereocenters. The number of hydrogen-bond donors (Lipinski definition) is 3. The van der Waals surface area contributed by atoms with Crippen LogP contribution in [0, 0.1) is 6.92 Å². The van der Waals surface area contributed by atoms with Crippen LogP contribution in [0.15, 0.2) is 42.0 Å². The van der Waals surface area contributed by atoms with Gasteiger partial charge in [-0.2, -0.15) is 5.10 Å². The third kappa shape index (κ3) is 3.95. The summed E-state index contributed by atoms with van der Waals surface area (Å²) in [6, 6.07) is 9.71. The van der Waals surface area contributed by atoms with Crippen LogP contribution < -0.4 is 10.6 Å². The fourth-order valence-electron chi connectivity index (χ4n) is 2.23. The number of nitrogens with one attached hydrogen (secondary N) is 3.